The molecule has 38 heteroatoms. The summed E-state index contributed by atoms with van der Waals surface area (Å²) in [6.07, 6.45) is 42.6. The summed E-state index contributed by atoms with van der Waals surface area (Å²) in [6, 6.07) is 18.3. The number of allylic oxidation sites excluding steroid dienone is 16. The Labute approximate surface area is 787 Å². The van der Waals surface area contributed by atoms with Crippen LogP contribution in [0, 0.1) is 0 Å². The van der Waals surface area contributed by atoms with E-state index in [1.165, 1.54) is 24.3 Å². The van der Waals surface area contributed by atoms with E-state index in [0.29, 0.717) is 69.5 Å². The van der Waals surface area contributed by atoms with Gasteiger partial charge >= 0.3 is 71.1 Å². The second-order valence-electron chi connectivity index (χ2n) is 33.2. The van der Waals surface area contributed by atoms with Crippen LogP contribution in [0.3, 0.4) is 0 Å². The predicted octanol–water partition coefficient (Wildman–Crippen LogP) is 6.94. The summed E-state index contributed by atoms with van der Waals surface area (Å²) in [6.45, 7) is 15.6. The molecule has 4 aliphatic heterocycles. The van der Waals surface area contributed by atoms with E-state index < -0.39 is 127 Å². The Morgan fingerprint density at radius 2 is 0.683 bits per heavy atom. The van der Waals surface area contributed by atoms with Gasteiger partial charge in [-0.1, -0.05) is 178 Å². The van der Waals surface area contributed by atoms with Crippen molar-refractivity contribution in [2.75, 3.05) is 72.1 Å². The molecule has 4 aromatic carbocycles. The van der Waals surface area contributed by atoms with Crippen molar-refractivity contribution in [3.8, 4) is 0 Å². The number of carboxylic acids is 2. The van der Waals surface area contributed by atoms with E-state index >= 15 is 0 Å². The summed E-state index contributed by atoms with van der Waals surface area (Å²) < 4.78 is 210. The van der Waals surface area contributed by atoms with Gasteiger partial charge in [-0.3, -0.25) is 28.3 Å². The van der Waals surface area contributed by atoms with Crippen LogP contribution >= 0.6 is 0 Å². The smallest absolute Gasteiger partial charge is 0.748 e. The minimum atomic E-state index is -4.76. The third kappa shape index (κ3) is 32.9. The van der Waals surface area contributed by atoms with E-state index in [-0.39, 0.29) is 110 Å². The topological polar surface area (TPSA) is 483 Å². The number of carbonyl (C=O) groups is 4. The molecule has 2 amide bonds. The van der Waals surface area contributed by atoms with Gasteiger partial charge in [0.1, 0.15) is 31.7 Å². The predicted molar refractivity (Wildman–Crippen MR) is 473 cm³/mol. The van der Waals surface area contributed by atoms with Gasteiger partial charge in [-0.15, -0.1) is 0 Å². The molecule has 30 nitrogen and oxygen atoms in total. The van der Waals surface area contributed by atoms with E-state index in [0.717, 1.165) is 150 Å². The van der Waals surface area contributed by atoms with Crippen molar-refractivity contribution in [1.29, 1.82) is 0 Å². The number of aliphatic carboxylic acids is 2. The van der Waals surface area contributed by atoms with E-state index in [1.54, 1.807) is 135 Å². The first-order valence-corrected chi connectivity index (χ1v) is 50.6. The summed E-state index contributed by atoms with van der Waals surface area (Å²) in [5.74, 6) is -4.37. The molecule has 6 N–H and O–H groups in total. The maximum absolute atomic E-state index is 13.2. The number of unbranched alkanes of at least 4 members (excludes halogenated alkanes) is 16. The summed E-state index contributed by atoms with van der Waals surface area (Å²) >= 11 is 0. The molecule has 0 fully saturated rings. The van der Waals surface area contributed by atoms with Crippen LogP contribution in [0.25, 0.3) is 0 Å². The molecule has 0 saturated heterocycles. The van der Waals surface area contributed by atoms with E-state index in [4.69, 9.17) is 10.2 Å². The largest absolute Gasteiger partial charge is 1.00 e. The second-order valence-corrected chi connectivity index (χ2v) is 42.2. The van der Waals surface area contributed by atoms with Crippen molar-refractivity contribution < 1.29 is 175 Å². The van der Waals surface area contributed by atoms with Crippen LogP contribution in [0.15, 0.2) is 179 Å². The number of carboxylic acid groups (broad SMARTS) is 2. The van der Waals surface area contributed by atoms with Crippen LogP contribution in [-0.2, 0) is 92.0 Å². The fraction of sp³-hybridized carbons (Fsp3) is 0.477. The number of hydrogen-bond acceptors (Lipinski definition) is 22. The fourth-order valence-corrected chi connectivity index (χ4v) is 18.5. The Balaban J connectivity index is 0.000000440. The molecular formula is C88H116N6Na2O24S6. The van der Waals surface area contributed by atoms with Gasteiger partial charge in [0, 0.05) is 119 Å². The van der Waals surface area contributed by atoms with Gasteiger partial charge in [0.15, 0.2) is 24.5 Å². The molecule has 0 aliphatic carbocycles. The maximum atomic E-state index is 13.2. The molecule has 0 spiro atoms. The van der Waals surface area contributed by atoms with Gasteiger partial charge < -0.3 is 48.9 Å². The van der Waals surface area contributed by atoms with Gasteiger partial charge in [0.25, 0.3) is 32.1 Å². The standard InChI is InChI=1S/2C44H59N3O12S3.2Na/c2*1-43(2)35-31-33(42(50)45-26-18-14-9-7-5-6-8-13-17-21-41(48)49)22-24-37(35)46(27-29-60(51,52)53)39(43)19-15-11-10-12-16-20-40-44(3,4)36-32-34(62(57,58)59)23-25-38(36)47(40)28-30-61(54,55)56;;/h2*10-12,15-16,19-20,22-25,31-32H,5-9,13-14,17-18,21,26-30H2,1-4H3,(H4-,45,48,49,50,51,52,53,54,55,56,57,58,59);;/q;;2*+1/p-2. The summed E-state index contributed by atoms with van der Waals surface area (Å²) in [4.78, 5) is 50.0. The van der Waals surface area contributed by atoms with Crippen LogP contribution in [-0.4, -0.2) is 195 Å². The first-order valence-electron chi connectivity index (χ1n) is 41.4. The number of nitrogens with zero attached hydrogens (tertiary/aromatic N) is 4. The van der Waals surface area contributed by atoms with E-state index in [2.05, 4.69) is 10.6 Å². The Morgan fingerprint density at radius 1 is 0.381 bits per heavy atom. The van der Waals surface area contributed by atoms with Gasteiger partial charge in [-0.2, -0.15) is 26.0 Å². The van der Waals surface area contributed by atoms with Gasteiger partial charge in [0.05, 0.1) is 52.4 Å². The number of nitrogens with one attached hydrogen (secondary N) is 2. The normalized spacial score (nSPS) is 16.6. The van der Waals surface area contributed by atoms with Gasteiger partial charge in [-0.25, -0.2) is 33.7 Å². The maximum Gasteiger partial charge on any atom is 1.00 e. The molecule has 0 unspecified atom stereocenters. The second kappa shape index (κ2) is 48.3. The SMILES string of the molecule is CC1(C)C(=CC=CC=CC=CC2=[N+](CCS(=O)(=O)O)c3ccc(C(=O)NCCCCCCCCCCCC(=O)O)cc3C2(C)C)N(CCS(=O)(=O)[O-])c2ccc(S(=O)(=O)[O-])cc21.CC1(C)C(=CC=CC=CC=CC2=[N+](CCS(=O)(=O)O)c3ccc(C(=O)NCCCCCCCCCCCC(=O)O)cc3C2(C)C)N(CCS(=O)(=O)[O-])c2ccc(S(=O)(=O)[O-])cc21.[Na+].[Na+]. The molecule has 0 aromatic heterocycles. The summed E-state index contributed by atoms with van der Waals surface area (Å²) in [5.41, 5.74) is 5.47. The molecular weight excluding hydrogens is 1760 g/mol. The molecule has 4 aromatic rings. The number of hydrogen-bond donors (Lipinski definition) is 6. The van der Waals surface area contributed by atoms with Crippen LogP contribution in [0.4, 0.5) is 22.7 Å². The number of anilines is 2. The molecule has 0 atom stereocenters. The first kappa shape index (κ1) is 110. The summed E-state index contributed by atoms with van der Waals surface area (Å²) in [7, 11) is -27.3. The van der Waals surface area contributed by atoms with Crippen molar-refractivity contribution >= 4 is 119 Å². The van der Waals surface area contributed by atoms with Crippen molar-refractivity contribution in [1.82, 2.24) is 10.6 Å². The first-order chi connectivity index (χ1) is 57.9. The zero-order valence-corrected chi connectivity index (χ0v) is 82.3. The minimum absolute atomic E-state index is 0. The zero-order valence-electron chi connectivity index (χ0n) is 73.4. The van der Waals surface area contributed by atoms with Crippen LogP contribution in [0.5, 0.6) is 0 Å². The van der Waals surface area contributed by atoms with Crippen molar-refractivity contribution in [3.05, 3.63) is 203 Å². The Bertz CT molecular complexity index is 5290. The van der Waals surface area contributed by atoms with Crippen LogP contribution in [0.2, 0.25) is 0 Å². The Kier molecular flexibility index (Phi) is 42.0. The van der Waals surface area contributed by atoms with E-state index in [1.807, 2.05) is 61.1 Å². The van der Waals surface area contributed by atoms with Gasteiger partial charge in [0.2, 0.25) is 11.4 Å². The molecule has 680 valence electrons. The quantitative estimate of drug-likeness (QED) is 0.00857. The molecule has 0 saturated carbocycles. The molecule has 8 rings (SSSR count). The van der Waals surface area contributed by atoms with Gasteiger partial charge in [-0.05, 0) is 137 Å². The minimum Gasteiger partial charge on any atom is -0.748 e. The average molecular weight is 1880 g/mol. The molecule has 4 aliphatic rings. The number of benzene rings is 4. The number of carbonyl (C=O) groups excluding carboxylic acids is 2. The Morgan fingerprint density at radius 3 is 0.984 bits per heavy atom. The number of amides is 2. The van der Waals surface area contributed by atoms with Crippen LogP contribution in [0.1, 0.15) is 227 Å². The third-order valence-electron chi connectivity index (χ3n) is 22.5. The zero-order chi connectivity index (χ0) is 91.9. The van der Waals surface area contributed by atoms with Crippen molar-refractivity contribution in [2.45, 2.75) is 215 Å². The number of rotatable bonds is 48. The van der Waals surface area contributed by atoms with Crippen molar-refractivity contribution in [2.24, 2.45) is 0 Å². The van der Waals surface area contributed by atoms with E-state index in [9.17, 15) is 97.0 Å². The molecule has 0 radical (unpaired) electrons. The molecule has 0 bridgehead atoms. The van der Waals surface area contributed by atoms with Crippen LogP contribution < -0.4 is 79.5 Å². The number of fused-ring (bicyclic) bond motifs is 4. The summed E-state index contributed by atoms with van der Waals surface area (Å²) in [5, 5.41) is 23.5. The average Bonchev–Trinajstić information content (AvgIpc) is 1.61. The van der Waals surface area contributed by atoms with Crippen molar-refractivity contribution in [3.63, 3.8) is 0 Å². The molecule has 126 heavy (non-hydrogen) atoms. The Hall–Kier alpha value is -6.92. The monoisotopic (exact) mass is 1880 g/mol. The molecule has 4 heterocycles. The fourth-order valence-electron chi connectivity index (χ4n) is 15.9. The third-order valence-corrected chi connectivity index (χ3v) is 26.9.